The summed E-state index contributed by atoms with van der Waals surface area (Å²) in [7, 11) is 0. The van der Waals surface area contributed by atoms with Gasteiger partial charge in [0.05, 0.1) is 28.3 Å². The molecule has 1 spiro atoms. The Kier molecular flexibility index (Phi) is 5.36. The fourth-order valence-corrected chi connectivity index (χ4v) is 5.89. The van der Waals surface area contributed by atoms with Crippen LogP contribution in [0.25, 0.3) is 11.3 Å². The zero-order valence-corrected chi connectivity index (χ0v) is 20.0. The molecule has 0 amide bonds. The quantitative estimate of drug-likeness (QED) is 0.405. The third kappa shape index (κ3) is 3.88. The third-order valence-electron chi connectivity index (χ3n) is 7.26. The number of carboxylic acids is 1. The fraction of sp³-hybridized carbons (Fsp3) is 0.385. The van der Waals surface area contributed by atoms with Gasteiger partial charge in [0, 0.05) is 41.2 Å². The van der Waals surface area contributed by atoms with Crippen LogP contribution in [0.3, 0.4) is 0 Å². The van der Waals surface area contributed by atoms with Gasteiger partial charge in [-0.2, -0.15) is 0 Å². The van der Waals surface area contributed by atoms with Gasteiger partial charge < -0.3 is 19.3 Å². The molecule has 1 saturated heterocycles. The Balaban J connectivity index is 1.11. The van der Waals surface area contributed by atoms with E-state index in [0.717, 1.165) is 55.8 Å². The second-order valence-corrected chi connectivity index (χ2v) is 10.6. The highest BCUT2D eigenvalue weighted by atomic mass is 35.5. The number of rotatable bonds is 7. The van der Waals surface area contributed by atoms with Gasteiger partial charge in [0.1, 0.15) is 11.5 Å². The third-order valence-corrected chi connectivity index (χ3v) is 7.89. The minimum absolute atomic E-state index is 0.184. The van der Waals surface area contributed by atoms with Crippen LogP contribution in [0.1, 0.15) is 53.3 Å². The van der Waals surface area contributed by atoms with E-state index >= 15 is 0 Å². The molecule has 2 aromatic carbocycles. The number of benzene rings is 2. The molecule has 2 heterocycles. The summed E-state index contributed by atoms with van der Waals surface area (Å²) in [4.78, 5) is 13.5. The van der Waals surface area contributed by atoms with E-state index in [-0.39, 0.29) is 11.5 Å². The Morgan fingerprint density at radius 2 is 1.85 bits per heavy atom. The average Bonchev–Trinajstić information content (AvgIpc) is 3.52. The number of anilines is 1. The van der Waals surface area contributed by atoms with Crippen LogP contribution in [0.15, 0.2) is 47.0 Å². The first-order valence-electron chi connectivity index (χ1n) is 11.6. The monoisotopic (exact) mass is 498 g/mol. The predicted octanol–water partition coefficient (Wildman–Crippen LogP) is 6.41. The van der Waals surface area contributed by atoms with Crippen molar-refractivity contribution in [2.45, 2.75) is 44.3 Å². The van der Waals surface area contributed by atoms with Crippen LogP contribution in [0.2, 0.25) is 10.0 Å². The lowest BCUT2D eigenvalue weighted by Gasteiger charge is -2.59. The van der Waals surface area contributed by atoms with Crippen molar-refractivity contribution in [2.24, 2.45) is 5.41 Å². The van der Waals surface area contributed by atoms with Crippen LogP contribution in [0.5, 0.6) is 0 Å². The van der Waals surface area contributed by atoms with Crippen molar-refractivity contribution in [1.29, 1.82) is 0 Å². The summed E-state index contributed by atoms with van der Waals surface area (Å²) in [6, 6.07) is 12.6. The summed E-state index contributed by atoms with van der Waals surface area (Å²) in [6.45, 7) is 2.28. The summed E-state index contributed by atoms with van der Waals surface area (Å²) in [6.07, 6.45) is 4.37. The van der Waals surface area contributed by atoms with Crippen LogP contribution in [-0.2, 0) is 11.3 Å². The number of aromatic nitrogens is 1. The van der Waals surface area contributed by atoms with Crippen molar-refractivity contribution >= 4 is 34.9 Å². The van der Waals surface area contributed by atoms with Crippen molar-refractivity contribution in [3.8, 4) is 11.3 Å². The molecule has 0 atom stereocenters. The molecule has 0 bridgehead atoms. The SMILES string of the molecule is O=C(O)c1cccc(N2CC3(CC(OCc4c(-c5c(Cl)cccc5Cl)noc4C4CC4)C3)C2)c1. The normalized spacial score (nSPS) is 19.2. The lowest BCUT2D eigenvalue weighted by Crippen LogP contribution is -2.64. The van der Waals surface area contributed by atoms with Gasteiger partial charge in [-0.3, -0.25) is 0 Å². The maximum atomic E-state index is 11.2. The number of nitrogens with zero attached hydrogens (tertiary/aromatic N) is 2. The molecule has 3 aliphatic rings. The molecule has 34 heavy (non-hydrogen) atoms. The predicted molar refractivity (Wildman–Crippen MR) is 130 cm³/mol. The molecular formula is C26H24Cl2N2O4. The van der Waals surface area contributed by atoms with E-state index in [1.54, 1.807) is 18.2 Å². The fourth-order valence-electron chi connectivity index (χ4n) is 5.31. The minimum atomic E-state index is -0.897. The molecule has 2 aliphatic carbocycles. The molecule has 0 radical (unpaired) electrons. The molecule has 1 N–H and O–H groups in total. The lowest BCUT2D eigenvalue weighted by atomic mass is 9.61. The summed E-state index contributed by atoms with van der Waals surface area (Å²) < 4.78 is 12.1. The molecule has 3 aromatic rings. The van der Waals surface area contributed by atoms with Crippen LogP contribution < -0.4 is 4.90 Å². The summed E-state index contributed by atoms with van der Waals surface area (Å²) >= 11 is 12.9. The highest BCUT2D eigenvalue weighted by Crippen LogP contribution is 2.52. The molecular weight excluding hydrogens is 475 g/mol. The molecule has 3 fully saturated rings. The van der Waals surface area contributed by atoms with E-state index in [1.807, 2.05) is 24.3 Å². The number of halogens is 2. The average molecular weight is 499 g/mol. The van der Waals surface area contributed by atoms with Gasteiger partial charge in [0.25, 0.3) is 0 Å². The molecule has 2 saturated carbocycles. The highest BCUT2D eigenvalue weighted by molar-refractivity contribution is 6.39. The number of hydrogen-bond acceptors (Lipinski definition) is 5. The standard InChI is InChI=1S/C26H24Cl2N2O4/c27-20-5-2-6-21(28)22(20)23-19(24(34-29-23)15-7-8-15)12-33-18-10-26(11-18)13-30(14-26)17-4-1-3-16(9-17)25(31)32/h1-6,9,15,18H,7-8,10-14H2,(H,31,32). The van der Waals surface area contributed by atoms with Gasteiger partial charge in [-0.15, -0.1) is 0 Å². The molecule has 176 valence electrons. The van der Waals surface area contributed by atoms with E-state index in [1.165, 1.54) is 0 Å². The molecule has 8 heteroatoms. The largest absolute Gasteiger partial charge is 0.478 e. The van der Waals surface area contributed by atoms with Gasteiger partial charge >= 0.3 is 5.97 Å². The molecule has 1 aromatic heterocycles. The number of hydrogen-bond donors (Lipinski definition) is 1. The van der Waals surface area contributed by atoms with Crippen molar-refractivity contribution in [1.82, 2.24) is 5.16 Å². The summed E-state index contributed by atoms with van der Waals surface area (Å²) in [5, 5.41) is 14.7. The molecule has 6 nitrogen and oxygen atoms in total. The molecule has 6 rings (SSSR count). The number of ether oxygens (including phenoxy) is 1. The van der Waals surface area contributed by atoms with Crippen molar-refractivity contribution in [3.63, 3.8) is 0 Å². The smallest absolute Gasteiger partial charge is 0.335 e. The first-order valence-corrected chi connectivity index (χ1v) is 12.3. The van der Waals surface area contributed by atoms with Gasteiger partial charge in [0.2, 0.25) is 0 Å². The minimum Gasteiger partial charge on any atom is -0.478 e. The van der Waals surface area contributed by atoms with Crippen LogP contribution in [-0.4, -0.2) is 35.4 Å². The maximum Gasteiger partial charge on any atom is 0.335 e. The maximum absolute atomic E-state index is 11.2. The van der Waals surface area contributed by atoms with Gasteiger partial charge in [-0.05, 0) is 56.0 Å². The van der Waals surface area contributed by atoms with E-state index in [9.17, 15) is 9.90 Å². The zero-order valence-electron chi connectivity index (χ0n) is 18.5. The first-order chi connectivity index (χ1) is 16.4. The Hall–Kier alpha value is -2.54. The Bertz CT molecular complexity index is 1240. The molecule has 1 aliphatic heterocycles. The number of carbonyl (C=O) groups is 1. The molecule has 0 unspecified atom stereocenters. The zero-order chi connectivity index (χ0) is 23.4. The van der Waals surface area contributed by atoms with Crippen molar-refractivity contribution < 1.29 is 19.2 Å². The van der Waals surface area contributed by atoms with E-state index in [4.69, 9.17) is 32.5 Å². The summed E-state index contributed by atoms with van der Waals surface area (Å²) in [5.74, 6) is 0.398. The second kappa shape index (κ2) is 8.29. The van der Waals surface area contributed by atoms with E-state index in [2.05, 4.69) is 10.1 Å². The Morgan fingerprint density at radius 1 is 1.15 bits per heavy atom. The van der Waals surface area contributed by atoms with Crippen LogP contribution in [0, 0.1) is 5.41 Å². The van der Waals surface area contributed by atoms with Crippen molar-refractivity contribution in [2.75, 3.05) is 18.0 Å². The first kappa shape index (κ1) is 22.0. The van der Waals surface area contributed by atoms with E-state index < -0.39 is 5.97 Å². The van der Waals surface area contributed by atoms with E-state index in [0.29, 0.717) is 39.4 Å². The van der Waals surface area contributed by atoms with Crippen LogP contribution >= 0.6 is 23.2 Å². The van der Waals surface area contributed by atoms with Gasteiger partial charge in [-0.25, -0.2) is 4.79 Å². The van der Waals surface area contributed by atoms with Crippen molar-refractivity contribution in [3.05, 3.63) is 69.4 Å². The van der Waals surface area contributed by atoms with Crippen LogP contribution in [0.4, 0.5) is 5.69 Å². The Morgan fingerprint density at radius 3 is 2.53 bits per heavy atom. The Labute approximate surface area is 207 Å². The number of aromatic carboxylic acids is 1. The lowest BCUT2D eigenvalue weighted by molar-refractivity contribution is -0.0998. The number of carboxylic acid groups (broad SMARTS) is 1. The highest BCUT2D eigenvalue weighted by Gasteiger charge is 2.53. The van der Waals surface area contributed by atoms with Gasteiger partial charge in [0.15, 0.2) is 0 Å². The second-order valence-electron chi connectivity index (χ2n) is 9.80. The topological polar surface area (TPSA) is 75.8 Å². The van der Waals surface area contributed by atoms with Gasteiger partial charge in [-0.1, -0.05) is 40.5 Å². The summed E-state index contributed by atoms with van der Waals surface area (Å²) in [5.41, 5.74) is 3.88.